The van der Waals surface area contributed by atoms with E-state index in [1.165, 1.54) is 32.4 Å². The largest absolute Gasteiger partial charge is 0.493 e. The lowest BCUT2D eigenvalue weighted by Crippen LogP contribution is -2.38. The summed E-state index contributed by atoms with van der Waals surface area (Å²) in [7, 11) is -1.22. The van der Waals surface area contributed by atoms with E-state index in [0.717, 1.165) is 9.87 Å². The normalized spacial score (nSPS) is 11.1. The number of nitrogens with one attached hydrogen (secondary N) is 1. The summed E-state index contributed by atoms with van der Waals surface area (Å²) in [4.78, 5) is 12.9. The Labute approximate surface area is 206 Å². The van der Waals surface area contributed by atoms with Gasteiger partial charge in [-0.1, -0.05) is 17.7 Å². The number of hydrogen-bond donors (Lipinski definition) is 1. The highest BCUT2D eigenvalue weighted by molar-refractivity contribution is 7.92. The van der Waals surface area contributed by atoms with Crippen LogP contribution < -0.4 is 23.8 Å². The third-order valence-corrected chi connectivity index (χ3v) is 6.83. The van der Waals surface area contributed by atoms with Crippen molar-refractivity contribution in [2.45, 2.75) is 31.8 Å². The second-order valence-electron chi connectivity index (χ2n) is 8.10. The summed E-state index contributed by atoms with van der Waals surface area (Å²) in [5.74, 6) is 0.851. The van der Waals surface area contributed by atoms with Gasteiger partial charge in [0, 0.05) is 11.8 Å². The molecule has 0 spiro atoms. The molecule has 0 saturated carbocycles. The number of rotatable bonds is 10. The predicted molar refractivity (Wildman–Crippen MR) is 136 cm³/mol. The molecular weight excluding hydrogens is 468 g/mol. The second kappa shape index (κ2) is 11.1. The molecule has 0 atom stereocenters. The van der Waals surface area contributed by atoms with E-state index in [9.17, 15) is 13.2 Å². The number of carbonyl (C=O) groups is 1. The van der Waals surface area contributed by atoms with Crippen LogP contribution in [0.1, 0.15) is 19.4 Å². The van der Waals surface area contributed by atoms with E-state index in [2.05, 4.69) is 5.32 Å². The van der Waals surface area contributed by atoms with Gasteiger partial charge in [-0.3, -0.25) is 9.10 Å². The summed E-state index contributed by atoms with van der Waals surface area (Å²) >= 11 is 0. The Morgan fingerprint density at radius 3 is 2.11 bits per heavy atom. The van der Waals surface area contributed by atoms with Gasteiger partial charge in [0.15, 0.2) is 11.5 Å². The smallest absolute Gasteiger partial charge is 0.264 e. The highest BCUT2D eigenvalue weighted by Gasteiger charge is 2.28. The first-order chi connectivity index (χ1) is 16.6. The molecule has 0 fully saturated rings. The molecule has 0 aliphatic heterocycles. The van der Waals surface area contributed by atoms with Gasteiger partial charge in [0.2, 0.25) is 5.91 Å². The zero-order valence-electron chi connectivity index (χ0n) is 20.4. The molecule has 0 bridgehead atoms. The number of ether oxygens (including phenoxy) is 3. The maximum atomic E-state index is 13.7. The van der Waals surface area contributed by atoms with Gasteiger partial charge < -0.3 is 19.5 Å². The Morgan fingerprint density at radius 2 is 1.54 bits per heavy atom. The minimum absolute atomic E-state index is 0.0280. The number of methoxy groups -OCH3 is 2. The van der Waals surface area contributed by atoms with Gasteiger partial charge in [-0.15, -0.1) is 0 Å². The Bertz CT molecular complexity index is 1260. The molecule has 0 aliphatic carbocycles. The van der Waals surface area contributed by atoms with Crippen molar-refractivity contribution in [2.24, 2.45) is 0 Å². The molecule has 0 aromatic heterocycles. The van der Waals surface area contributed by atoms with Crippen LogP contribution in [0, 0.1) is 6.92 Å². The summed E-state index contributed by atoms with van der Waals surface area (Å²) in [5.41, 5.74) is 1.85. The first kappa shape index (κ1) is 25.9. The SMILES string of the molecule is COc1ccc(S(=O)(=O)N(CC(=O)Nc2ccc(OC(C)C)cc2)c2ccc(C)cc2)cc1OC. The molecular formula is C26H30N2O6S. The van der Waals surface area contributed by atoms with Gasteiger partial charge in [-0.2, -0.15) is 0 Å². The van der Waals surface area contributed by atoms with Crippen LogP contribution in [-0.4, -0.2) is 41.2 Å². The zero-order chi connectivity index (χ0) is 25.6. The van der Waals surface area contributed by atoms with Crippen molar-refractivity contribution in [1.82, 2.24) is 0 Å². The van der Waals surface area contributed by atoms with Crippen molar-refractivity contribution in [1.29, 1.82) is 0 Å². The van der Waals surface area contributed by atoms with Gasteiger partial charge in [0.25, 0.3) is 10.0 Å². The molecule has 3 aromatic rings. The predicted octanol–water partition coefficient (Wildman–Crippen LogP) is 4.63. The fourth-order valence-corrected chi connectivity index (χ4v) is 4.79. The van der Waals surface area contributed by atoms with E-state index in [4.69, 9.17) is 14.2 Å². The molecule has 35 heavy (non-hydrogen) atoms. The number of hydrogen-bond acceptors (Lipinski definition) is 6. The summed E-state index contributed by atoms with van der Waals surface area (Å²) in [6.45, 7) is 5.32. The van der Waals surface area contributed by atoms with Crippen molar-refractivity contribution in [2.75, 3.05) is 30.4 Å². The Hall–Kier alpha value is -3.72. The molecule has 8 nitrogen and oxygen atoms in total. The Kier molecular flexibility index (Phi) is 8.24. The average molecular weight is 499 g/mol. The lowest BCUT2D eigenvalue weighted by atomic mass is 10.2. The molecule has 3 aromatic carbocycles. The second-order valence-corrected chi connectivity index (χ2v) is 9.97. The number of aryl methyl sites for hydroxylation is 1. The molecule has 0 unspecified atom stereocenters. The van der Waals surface area contributed by atoms with Gasteiger partial charge >= 0.3 is 0 Å². The number of sulfonamides is 1. The molecule has 0 saturated heterocycles. The standard InChI is InChI=1S/C26H30N2O6S/c1-18(2)34-22-12-8-20(9-13-22)27-26(29)17-28(21-10-6-19(3)7-11-21)35(30,31)23-14-15-24(32-4)25(16-23)33-5/h6-16,18H,17H2,1-5H3,(H,27,29). The van der Waals surface area contributed by atoms with Crippen molar-refractivity contribution < 1.29 is 27.4 Å². The molecule has 186 valence electrons. The van der Waals surface area contributed by atoms with Crippen molar-refractivity contribution in [3.63, 3.8) is 0 Å². The lowest BCUT2D eigenvalue weighted by molar-refractivity contribution is -0.114. The van der Waals surface area contributed by atoms with E-state index >= 15 is 0 Å². The number of carbonyl (C=O) groups excluding carboxylic acids is 1. The topological polar surface area (TPSA) is 94.2 Å². The zero-order valence-corrected chi connectivity index (χ0v) is 21.3. The lowest BCUT2D eigenvalue weighted by Gasteiger charge is -2.24. The fourth-order valence-electron chi connectivity index (χ4n) is 3.35. The number of benzene rings is 3. The average Bonchev–Trinajstić information content (AvgIpc) is 2.83. The molecule has 1 N–H and O–H groups in total. The van der Waals surface area contributed by atoms with Gasteiger partial charge in [-0.25, -0.2) is 8.42 Å². The van der Waals surface area contributed by atoms with Gasteiger partial charge in [-0.05, 0) is 69.3 Å². The van der Waals surface area contributed by atoms with Crippen molar-refractivity contribution >= 4 is 27.3 Å². The highest BCUT2D eigenvalue weighted by atomic mass is 32.2. The van der Waals surface area contributed by atoms with Crippen molar-refractivity contribution in [3.05, 3.63) is 72.3 Å². The molecule has 3 rings (SSSR count). The maximum absolute atomic E-state index is 13.7. The summed E-state index contributed by atoms with van der Waals surface area (Å²) < 4.78 is 44.5. The van der Waals surface area contributed by atoms with E-state index in [1.54, 1.807) is 48.5 Å². The van der Waals surface area contributed by atoms with Crippen LogP contribution in [-0.2, 0) is 14.8 Å². The third kappa shape index (κ3) is 6.45. The molecule has 9 heteroatoms. The van der Waals surface area contributed by atoms with Crippen LogP contribution in [0.15, 0.2) is 71.6 Å². The maximum Gasteiger partial charge on any atom is 0.264 e. The first-order valence-corrected chi connectivity index (χ1v) is 12.5. The van der Waals surface area contributed by atoms with E-state index in [1.807, 2.05) is 20.8 Å². The van der Waals surface area contributed by atoms with E-state index in [0.29, 0.717) is 22.9 Å². The third-order valence-electron chi connectivity index (χ3n) is 5.06. The molecule has 0 radical (unpaired) electrons. The minimum Gasteiger partial charge on any atom is -0.493 e. The molecule has 0 heterocycles. The fraction of sp³-hybridized carbons (Fsp3) is 0.269. The summed E-state index contributed by atoms with van der Waals surface area (Å²) in [6.07, 6.45) is 0.0280. The van der Waals surface area contributed by atoms with Crippen LogP contribution in [0.5, 0.6) is 17.2 Å². The number of anilines is 2. The van der Waals surface area contributed by atoms with E-state index in [-0.39, 0.29) is 16.7 Å². The highest BCUT2D eigenvalue weighted by Crippen LogP contribution is 2.32. The van der Waals surface area contributed by atoms with Crippen LogP contribution in [0.2, 0.25) is 0 Å². The van der Waals surface area contributed by atoms with Crippen LogP contribution in [0.4, 0.5) is 11.4 Å². The number of amides is 1. The minimum atomic E-state index is -4.12. The summed E-state index contributed by atoms with van der Waals surface area (Å²) in [6, 6.07) is 18.1. The van der Waals surface area contributed by atoms with Crippen molar-refractivity contribution in [3.8, 4) is 17.2 Å². The monoisotopic (exact) mass is 498 g/mol. The Balaban J connectivity index is 1.90. The first-order valence-electron chi connectivity index (χ1n) is 11.0. The van der Waals surface area contributed by atoms with Crippen LogP contribution in [0.25, 0.3) is 0 Å². The molecule has 0 aliphatic rings. The quantitative estimate of drug-likeness (QED) is 0.438. The van der Waals surface area contributed by atoms with Gasteiger partial charge in [0.05, 0.1) is 30.9 Å². The summed E-state index contributed by atoms with van der Waals surface area (Å²) in [5, 5.41) is 2.75. The van der Waals surface area contributed by atoms with Crippen LogP contribution >= 0.6 is 0 Å². The van der Waals surface area contributed by atoms with E-state index < -0.39 is 22.5 Å². The number of nitrogens with zero attached hydrogens (tertiary/aromatic N) is 1. The van der Waals surface area contributed by atoms with Crippen LogP contribution in [0.3, 0.4) is 0 Å². The molecule has 1 amide bonds. The van der Waals surface area contributed by atoms with Gasteiger partial charge in [0.1, 0.15) is 12.3 Å². The Morgan fingerprint density at radius 1 is 0.914 bits per heavy atom.